The second-order valence-corrected chi connectivity index (χ2v) is 4.91. The van der Waals surface area contributed by atoms with Gasteiger partial charge in [-0.25, -0.2) is 0 Å². The fourth-order valence-corrected chi connectivity index (χ4v) is 2.25. The first-order chi connectivity index (χ1) is 8.97. The summed E-state index contributed by atoms with van der Waals surface area (Å²) in [5.74, 6) is 0.127. The molecule has 6 nitrogen and oxygen atoms in total. The maximum absolute atomic E-state index is 11.6. The molecular formula is C13H17N3O3. The second-order valence-electron chi connectivity index (χ2n) is 4.91. The molecule has 1 amide bonds. The number of benzene rings is 1. The van der Waals surface area contributed by atoms with E-state index < -0.39 is 4.92 Å². The standard InChI is InChI=1S/C13H17N3O3/c1-9-7-10(3-4-12(9)16(18)19)14-11-5-6-15(2)13(17)8-11/h3-4,7,11,14H,5-6,8H2,1-2H3. The van der Waals surface area contributed by atoms with E-state index in [1.54, 1.807) is 31.0 Å². The predicted molar refractivity (Wildman–Crippen MR) is 72.1 cm³/mol. The molecule has 1 heterocycles. The van der Waals surface area contributed by atoms with Gasteiger partial charge in [-0.3, -0.25) is 14.9 Å². The van der Waals surface area contributed by atoms with Crippen LogP contribution in [0.4, 0.5) is 11.4 Å². The maximum atomic E-state index is 11.6. The van der Waals surface area contributed by atoms with Crippen molar-refractivity contribution >= 4 is 17.3 Å². The summed E-state index contributed by atoms with van der Waals surface area (Å²) in [7, 11) is 1.80. The molecule has 2 rings (SSSR count). The summed E-state index contributed by atoms with van der Waals surface area (Å²) in [6.45, 7) is 2.45. The van der Waals surface area contributed by atoms with E-state index in [0.717, 1.165) is 18.7 Å². The molecule has 1 saturated heterocycles. The van der Waals surface area contributed by atoms with E-state index in [9.17, 15) is 14.9 Å². The molecule has 6 heteroatoms. The van der Waals surface area contributed by atoms with Gasteiger partial charge in [-0.2, -0.15) is 0 Å². The highest BCUT2D eigenvalue weighted by atomic mass is 16.6. The number of nitrogens with one attached hydrogen (secondary N) is 1. The first kappa shape index (κ1) is 13.3. The van der Waals surface area contributed by atoms with Gasteiger partial charge in [0.25, 0.3) is 5.69 Å². The van der Waals surface area contributed by atoms with E-state index in [1.807, 2.05) is 0 Å². The number of nitrogens with zero attached hydrogens (tertiary/aromatic N) is 2. The normalized spacial score (nSPS) is 19.4. The van der Waals surface area contributed by atoms with Crippen LogP contribution in [0.2, 0.25) is 0 Å². The van der Waals surface area contributed by atoms with Gasteiger partial charge in [0.05, 0.1) is 4.92 Å². The zero-order valence-corrected chi connectivity index (χ0v) is 11.0. The Balaban J connectivity index is 2.06. The molecular weight excluding hydrogens is 246 g/mol. The molecule has 0 bridgehead atoms. The zero-order chi connectivity index (χ0) is 14.0. The van der Waals surface area contributed by atoms with E-state index >= 15 is 0 Å². The first-order valence-corrected chi connectivity index (χ1v) is 6.23. The molecule has 1 atom stereocenters. The highest BCUT2D eigenvalue weighted by Gasteiger charge is 2.23. The molecule has 1 aliphatic heterocycles. The molecule has 0 aliphatic carbocycles. The second kappa shape index (κ2) is 5.26. The van der Waals surface area contributed by atoms with Gasteiger partial charge in [-0.05, 0) is 25.5 Å². The number of hydrogen-bond acceptors (Lipinski definition) is 4. The fourth-order valence-electron chi connectivity index (χ4n) is 2.25. The van der Waals surface area contributed by atoms with Crippen LogP contribution >= 0.6 is 0 Å². The van der Waals surface area contributed by atoms with E-state index in [-0.39, 0.29) is 17.6 Å². The third kappa shape index (κ3) is 3.01. The van der Waals surface area contributed by atoms with Crippen molar-refractivity contribution < 1.29 is 9.72 Å². The number of carbonyl (C=O) groups is 1. The number of rotatable bonds is 3. The van der Waals surface area contributed by atoms with Crippen molar-refractivity contribution in [3.05, 3.63) is 33.9 Å². The monoisotopic (exact) mass is 263 g/mol. The van der Waals surface area contributed by atoms with Crippen molar-refractivity contribution in [1.82, 2.24) is 4.90 Å². The number of aryl methyl sites for hydroxylation is 1. The molecule has 0 saturated carbocycles. The van der Waals surface area contributed by atoms with Crippen LogP contribution < -0.4 is 5.32 Å². The number of likely N-dealkylation sites (tertiary alicyclic amines) is 1. The molecule has 1 aromatic carbocycles. The third-order valence-corrected chi connectivity index (χ3v) is 3.42. The Hall–Kier alpha value is -2.11. The summed E-state index contributed by atoms with van der Waals surface area (Å²) in [6.07, 6.45) is 1.35. The maximum Gasteiger partial charge on any atom is 0.272 e. The zero-order valence-electron chi connectivity index (χ0n) is 11.0. The number of amides is 1. The molecule has 0 spiro atoms. The molecule has 0 radical (unpaired) electrons. The van der Waals surface area contributed by atoms with E-state index in [2.05, 4.69) is 5.32 Å². The van der Waals surface area contributed by atoms with Crippen molar-refractivity contribution in [2.24, 2.45) is 0 Å². The van der Waals surface area contributed by atoms with E-state index in [4.69, 9.17) is 0 Å². The smallest absolute Gasteiger partial charge is 0.272 e. The molecule has 102 valence electrons. The largest absolute Gasteiger partial charge is 0.382 e. The minimum atomic E-state index is -0.391. The van der Waals surface area contributed by atoms with Gasteiger partial charge >= 0.3 is 0 Å². The number of carbonyl (C=O) groups excluding carboxylic acids is 1. The summed E-state index contributed by atoms with van der Waals surface area (Å²) in [5, 5.41) is 14.0. The Morgan fingerprint density at radius 2 is 2.21 bits per heavy atom. The third-order valence-electron chi connectivity index (χ3n) is 3.42. The Kier molecular flexibility index (Phi) is 3.69. The summed E-state index contributed by atoms with van der Waals surface area (Å²) in [5.41, 5.74) is 1.56. The summed E-state index contributed by atoms with van der Waals surface area (Å²) in [6, 6.07) is 5.04. The SMILES string of the molecule is Cc1cc(NC2CCN(C)C(=O)C2)ccc1[N+](=O)[O-]. The van der Waals surface area contributed by atoms with Gasteiger partial charge in [0, 0.05) is 43.4 Å². The summed E-state index contributed by atoms with van der Waals surface area (Å²) < 4.78 is 0. The van der Waals surface area contributed by atoms with Crippen LogP contribution in [0.25, 0.3) is 0 Å². The minimum Gasteiger partial charge on any atom is -0.382 e. The van der Waals surface area contributed by atoms with Gasteiger partial charge in [0.1, 0.15) is 0 Å². The van der Waals surface area contributed by atoms with Crippen molar-refractivity contribution in [1.29, 1.82) is 0 Å². The van der Waals surface area contributed by atoms with Crippen LogP contribution in [0.15, 0.2) is 18.2 Å². The quantitative estimate of drug-likeness (QED) is 0.668. The number of anilines is 1. The van der Waals surface area contributed by atoms with Crippen LogP contribution in [0.3, 0.4) is 0 Å². The molecule has 0 aromatic heterocycles. The number of hydrogen-bond donors (Lipinski definition) is 1. The average molecular weight is 263 g/mol. The fraction of sp³-hybridized carbons (Fsp3) is 0.462. The Bertz CT molecular complexity index is 516. The molecule has 1 aromatic rings. The van der Waals surface area contributed by atoms with Crippen molar-refractivity contribution in [2.75, 3.05) is 18.9 Å². The van der Waals surface area contributed by atoms with Crippen LogP contribution in [0.5, 0.6) is 0 Å². The lowest BCUT2D eigenvalue weighted by Gasteiger charge is -2.29. The van der Waals surface area contributed by atoms with Gasteiger partial charge < -0.3 is 10.2 Å². The lowest BCUT2D eigenvalue weighted by molar-refractivity contribution is -0.385. The van der Waals surface area contributed by atoms with Crippen molar-refractivity contribution in [3.63, 3.8) is 0 Å². The lowest BCUT2D eigenvalue weighted by atomic mass is 10.0. The van der Waals surface area contributed by atoms with Gasteiger partial charge in [0.2, 0.25) is 5.91 Å². The minimum absolute atomic E-state index is 0.101. The average Bonchev–Trinajstić information content (AvgIpc) is 2.33. The topological polar surface area (TPSA) is 75.5 Å². The molecule has 1 fully saturated rings. The Morgan fingerprint density at radius 1 is 1.47 bits per heavy atom. The van der Waals surface area contributed by atoms with E-state index in [1.165, 1.54) is 6.07 Å². The number of piperidine rings is 1. The molecule has 1 aliphatic rings. The lowest BCUT2D eigenvalue weighted by Crippen LogP contribution is -2.40. The number of nitro benzene ring substituents is 1. The van der Waals surface area contributed by atoms with Gasteiger partial charge in [0.15, 0.2) is 0 Å². The first-order valence-electron chi connectivity index (χ1n) is 6.23. The van der Waals surface area contributed by atoms with Gasteiger partial charge in [-0.1, -0.05) is 0 Å². The molecule has 19 heavy (non-hydrogen) atoms. The molecule has 1 N–H and O–H groups in total. The Labute approximate surface area is 111 Å². The summed E-state index contributed by atoms with van der Waals surface area (Å²) >= 11 is 0. The predicted octanol–water partition coefficient (Wildman–Crippen LogP) is 1.94. The van der Waals surface area contributed by atoms with Crippen LogP contribution in [-0.4, -0.2) is 35.4 Å². The highest BCUT2D eigenvalue weighted by molar-refractivity contribution is 5.78. The van der Waals surface area contributed by atoms with Crippen LogP contribution in [0, 0.1) is 17.0 Å². The van der Waals surface area contributed by atoms with Crippen molar-refractivity contribution in [3.8, 4) is 0 Å². The molecule has 1 unspecified atom stereocenters. The van der Waals surface area contributed by atoms with Crippen LogP contribution in [0.1, 0.15) is 18.4 Å². The number of nitro groups is 1. The van der Waals surface area contributed by atoms with Crippen LogP contribution in [-0.2, 0) is 4.79 Å². The van der Waals surface area contributed by atoms with Crippen molar-refractivity contribution in [2.45, 2.75) is 25.8 Å². The van der Waals surface area contributed by atoms with Gasteiger partial charge in [-0.15, -0.1) is 0 Å². The summed E-state index contributed by atoms with van der Waals surface area (Å²) in [4.78, 5) is 23.7. The Morgan fingerprint density at radius 3 is 2.79 bits per heavy atom. The highest BCUT2D eigenvalue weighted by Crippen LogP contribution is 2.23. The van der Waals surface area contributed by atoms with E-state index in [0.29, 0.717) is 12.0 Å².